The maximum absolute atomic E-state index is 13.6. The number of benzene rings is 2. The van der Waals surface area contributed by atoms with Crippen molar-refractivity contribution < 1.29 is 23.4 Å². The Bertz CT molecular complexity index is 1000. The Morgan fingerprint density at radius 3 is 2.68 bits per heavy atom. The number of carbonyl (C=O) groups is 1. The summed E-state index contributed by atoms with van der Waals surface area (Å²) >= 11 is 0. The van der Waals surface area contributed by atoms with Gasteiger partial charge in [0.2, 0.25) is 5.91 Å². The van der Waals surface area contributed by atoms with Crippen LogP contribution in [0.3, 0.4) is 0 Å². The molecule has 0 radical (unpaired) electrons. The number of hydrogen-bond donors (Lipinski definition) is 3. The van der Waals surface area contributed by atoms with Gasteiger partial charge in [0.25, 0.3) is 0 Å². The summed E-state index contributed by atoms with van der Waals surface area (Å²) in [5, 5.41) is 25.6. The van der Waals surface area contributed by atoms with Crippen LogP contribution in [-0.4, -0.2) is 36.3 Å². The summed E-state index contributed by atoms with van der Waals surface area (Å²) in [6, 6.07) is 10.7. The SMILES string of the molecule is CC(=O)NC(Cc1cc(F)cc(F)c1)C(O)CNC1CCOc2ccc(CCCCC#N)cc21. The summed E-state index contributed by atoms with van der Waals surface area (Å²) in [6.45, 7) is 2.06. The average Bonchev–Trinajstić information content (AvgIpc) is 2.79. The number of halogens is 2. The zero-order chi connectivity index (χ0) is 24.5. The fourth-order valence-corrected chi connectivity index (χ4v) is 4.28. The van der Waals surface area contributed by atoms with Gasteiger partial charge in [0.1, 0.15) is 17.4 Å². The van der Waals surface area contributed by atoms with Crippen LogP contribution in [0.1, 0.15) is 55.3 Å². The van der Waals surface area contributed by atoms with Crippen LogP contribution in [0.2, 0.25) is 0 Å². The van der Waals surface area contributed by atoms with Gasteiger partial charge in [-0.25, -0.2) is 8.78 Å². The molecule has 182 valence electrons. The molecule has 0 aliphatic carbocycles. The van der Waals surface area contributed by atoms with Crippen molar-refractivity contribution in [3.8, 4) is 11.8 Å². The standard InChI is InChI=1S/C26H31F2N3O3/c1-17(32)31-24(14-19-11-20(27)15-21(28)12-19)25(33)16-30-23-8-10-34-26-7-6-18(13-22(23)26)5-3-2-4-9-29/h6-7,11-13,15,23-25,30,33H,2-5,8,10,14,16H2,1H3,(H,31,32). The van der Waals surface area contributed by atoms with Crippen molar-refractivity contribution in [1.82, 2.24) is 10.6 Å². The number of amides is 1. The topological polar surface area (TPSA) is 94.4 Å². The average molecular weight is 472 g/mol. The number of ether oxygens (including phenoxy) is 1. The maximum atomic E-state index is 13.6. The zero-order valence-electron chi connectivity index (χ0n) is 19.3. The molecule has 0 saturated heterocycles. The number of nitriles is 1. The smallest absolute Gasteiger partial charge is 0.217 e. The molecule has 0 aromatic heterocycles. The molecule has 8 heteroatoms. The molecule has 3 atom stereocenters. The molecule has 1 aliphatic heterocycles. The van der Waals surface area contributed by atoms with E-state index < -0.39 is 23.8 Å². The Kier molecular flexibility index (Phi) is 9.37. The number of carbonyl (C=O) groups excluding carboxylic acids is 1. The minimum absolute atomic E-state index is 0.0398. The Morgan fingerprint density at radius 2 is 1.97 bits per heavy atom. The van der Waals surface area contributed by atoms with E-state index in [0.29, 0.717) is 18.6 Å². The fraction of sp³-hybridized carbons (Fsp3) is 0.462. The molecule has 6 nitrogen and oxygen atoms in total. The van der Waals surface area contributed by atoms with Crippen LogP contribution in [0.4, 0.5) is 8.78 Å². The largest absolute Gasteiger partial charge is 0.493 e. The Morgan fingerprint density at radius 1 is 1.21 bits per heavy atom. The number of nitrogens with zero attached hydrogens (tertiary/aromatic N) is 1. The lowest BCUT2D eigenvalue weighted by molar-refractivity contribution is -0.120. The third-order valence-electron chi connectivity index (χ3n) is 5.92. The predicted octanol–water partition coefficient (Wildman–Crippen LogP) is 3.72. The Balaban J connectivity index is 1.65. The van der Waals surface area contributed by atoms with Gasteiger partial charge in [0.15, 0.2) is 0 Å². The molecule has 1 amide bonds. The highest BCUT2D eigenvalue weighted by Crippen LogP contribution is 2.33. The lowest BCUT2D eigenvalue weighted by Gasteiger charge is -2.30. The number of aryl methyl sites for hydroxylation is 1. The molecule has 1 heterocycles. The molecule has 34 heavy (non-hydrogen) atoms. The first-order chi connectivity index (χ1) is 16.4. The van der Waals surface area contributed by atoms with Crippen molar-refractivity contribution in [2.24, 2.45) is 0 Å². The lowest BCUT2D eigenvalue weighted by atomic mass is 9.95. The summed E-state index contributed by atoms with van der Waals surface area (Å²) in [5.74, 6) is -0.941. The van der Waals surface area contributed by atoms with Crippen LogP contribution in [0.15, 0.2) is 36.4 Å². The van der Waals surface area contributed by atoms with Gasteiger partial charge in [-0.15, -0.1) is 0 Å². The van der Waals surface area contributed by atoms with Crippen LogP contribution in [-0.2, 0) is 17.6 Å². The highest BCUT2D eigenvalue weighted by Gasteiger charge is 2.26. The first-order valence-electron chi connectivity index (χ1n) is 11.6. The highest BCUT2D eigenvalue weighted by atomic mass is 19.1. The fourth-order valence-electron chi connectivity index (χ4n) is 4.28. The molecule has 2 aromatic rings. The van der Waals surface area contributed by atoms with Crippen molar-refractivity contribution in [3.63, 3.8) is 0 Å². The van der Waals surface area contributed by atoms with E-state index in [1.807, 2.05) is 12.1 Å². The molecule has 1 aliphatic rings. The number of nitrogens with one attached hydrogen (secondary N) is 2. The van der Waals surface area contributed by atoms with Gasteiger partial charge >= 0.3 is 0 Å². The first-order valence-corrected chi connectivity index (χ1v) is 11.6. The van der Waals surface area contributed by atoms with Gasteiger partial charge in [0.05, 0.1) is 24.8 Å². The second kappa shape index (κ2) is 12.4. The number of fused-ring (bicyclic) bond motifs is 1. The number of rotatable bonds is 11. The first kappa shape index (κ1) is 25.6. The van der Waals surface area contributed by atoms with Crippen molar-refractivity contribution in [1.29, 1.82) is 5.26 Å². The van der Waals surface area contributed by atoms with Crippen LogP contribution >= 0.6 is 0 Å². The molecular formula is C26H31F2N3O3. The molecule has 3 rings (SSSR count). The number of aliphatic hydroxyl groups is 1. The summed E-state index contributed by atoms with van der Waals surface area (Å²) < 4.78 is 33.0. The second-order valence-corrected chi connectivity index (χ2v) is 8.69. The van der Waals surface area contributed by atoms with Crippen LogP contribution in [0.25, 0.3) is 0 Å². The van der Waals surface area contributed by atoms with Gasteiger partial charge in [-0.1, -0.05) is 12.1 Å². The molecule has 0 spiro atoms. The predicted molar refractivity (Wildman–Crippen MR) is 124 cm³/mol. The Hall–Kier alpha value is -3.02. The van der Waals surface area contributed by atoms with Gasteiger partial charge < -0.3 is 20.5 Å². The van der Waals surface area contributed by atoms with Crippen LogP contribution < -0.4 is 15.4 Å². The lowest BCUT2D eigenvalue weighted by Crippen LogP contribution is -2.48. The summed E-state index contributed by atoms with van der Waals surface area (Å²) in [6.07, 6.45) is 3.05. The molecule has 3 unspecified atom stereocenters. The van der Waals surface area contributed by atoms with Crippen molar-refractivity contribution in [2.75, 3.05) is 13.2 Å². The zero-order valence-corrected chi connectivity index (χ0v) is 19.3. The second-order valence-electron chi connectivity index (χ2n) is 8.69. The number of hydrogen-bond acceptors (Lipinski definition) is 5. The van der Waals surface area contributed by atoms with Gasteiger partial charge in [-0.3, -0.25) is 4.79 Å². The van der Waals surface area contributed by atoms with E-state index in [9.17, 15) is 18.7 Å². The van der Waals surface area contributed by atoms with Crippen molar-refractivity contribution in [3.05, 3.63) is 64.7 Å². The molecule has 2 aromatic carbocycles. The summed E-state index contributed by atoms with van der Waals surface area (Å²) in [4.78, 5) is 11.7. The number of aliphatic hydroxyl groups excluding tert-OH is 1. The molecule has 0 saturated carbocycles. The van der Waals surface area contributed by atoms with E-state index in [4.69, 9.17) is 10.00 Å². The maximum Gasteiger partial charge on any atom is 0.217 e. The quantitative estimate of drug-likeness (QED) is 0.434. The van der Waals surface area contributed by atoms with Gasteiger partial charge in [-0.2, -0.15) is 5.26 Å². The van der Waals surface area contributed by atoms with E-state index in [-0.39, 0.29) is 24.9 Å². The molecule has 0 fully saturated rings. The van der Waals surface area contributed by atoms with E-state index in [1.54, 1.807) is 0 Å². The van der Waals surface area contributed by atoms with E-state index in [2.05, 4.69) is 22.8 Å². The van der Waals surface area contributed by atoms with Crippen molar-refractivity contribution in [2.45, 2.75) is 63.6 Å². The minimum Gasteiger partial charge on any atom is -0.493 e. The van der Waals surface area contributed by atoms with Gasteiger partial charge in [0, 0.05) is 44.0 Å². The monoisotopic (exact) mass is 471 g/mol. The highest BCUT2D eigenvalue weighted by molar-refractivity contribution is 5.73. The van der Waals surface area contributed by atoms with Crippen LogP contribution in [0, 0.1) is 23.0 Å². The van der Waals surface area contributed by atoms with E-state index in [0.717, 1.165) is 43.1 Å². The third-order valence-corrected chi connectivity index (χ3v) is 5.92. The number of unbranched alkanes of at least 4 members (excludes halogenated alkanes) is 2. The van der Waals surface area contributed by atoms with E-state index in [1.165, 1.54) is 24.6 Å². The molecule has 3 N–H and O–H groups in total. The Labute approximate surface area is 198 Å². The summed E-state index contributed by atoms with van der Waals surface area (Å²) in [5.41, 5.74) is 2.53. The van der Waals surface area contributed by atoms with Gasteiger partial charge in [-0.05, 0) is 55.0 Å². The molecule has 0 bridgehead atoms. The summed E-state index contributed by atoms with van der Waals surface area (Å²) in [7, 11) is 0. The third kappa shape index (κ3) is 7.51. The van der Waals surface area contributed by atoms with Crippen molar-refractivity contribution >= 4 is 5.91 Å². The van der Waals surface area contributed by atoms with E-state index >= 15 is 0 Å². The van der Waals surface area contributed by atoms with Crippen LogP contribution in [0.5, 0.6) is 5.75 Å². The normalized spacial score (nSPS) is 16.6. The molecular weight excluding hydrogens is 440 g/mol. The minimum atomic E-state index is -0.976.